The van der Waals surface area contributed by atoms with Gasteiger partial charge >= 0.3 is 12.1 Å². The summed E-state index contributed by atoms with van der Waals surface area (Å²) < 4.78 is 46.2. The summed E-state index contributed by atoms with van der Waals surface area (Å²) >= 11 is 2.36. The minimum Gasteiger partial charge on any atom is -0.371 e. The molecule has 2 rings (SSSR count). The highest BCUT2D eigenvalue weighted by Crippen LogP contribution is 2.30. The number of ether oxygens (including phenoxy) is 1. The first-order chi connectivity index (χ1) is 18.9. The van der Waals surface area contributed by atoms with Crippen LogP contribution in [0.2, 0.25) is 0 Å². The van der Waals surface area contributed by atoms with E-state index in [0.717, 1.165) is 24.8 Å². The number of nitrogens with one attached hydrogen (secondary N) is 2. The van der Waals surface area contributed by atoms with Gasteiger partial charge in [0.2, 0.25) is 5.91 Å². The number of nitrogens with zero attached hydrogens (tertiary/aromatic N) is 2. The molecule has 3 amide bonds. The quantitative estimate of drug-likeness (QED) is 0.230. The smallest absolute Gasteiger partial charge is 0.371 e. The summed E-state index contributed by atoms with van der Waals surface area (Å²) in [5.41, 5.74) is 0.838. The van der Waals surface area contributed by atoms with Crippen LogP contribution in [0.4, 0.5) is 18.9 Å². The predicted molar refractivity (Wildman–Crippen MR) is 152 cm³/mol. The molecule has 2 atom stereocenters. The molecule has 0 aliphatic carbocycles. The van der Waals surface area contributed by atoms with Gasteiger partial charge in [0.1, 0.15) is 16.8 Å². The number of carbonyl (C=O) groups excluding carboxylic acids is 3. The number of unbranched alkanes of at least 4 members (excludes halogenated alkanes) is 1. The molecule has 0 aliphatic rings. The van der Waals surface area contributed by atoms with E-state index in [1.807, 2.05) is 26.2 Å². The van der Waals surface area contributed by atoms with Crippen molar-refractivity contribution in [3.63, 3.8) is 0 Å². The van der Waals surface area contributed by atoms with Gasteiger partial charge in [0.05, 0.1) is 0 Å². The van der Waals surface area contributed by atoms with Gasteiger partial charge in [0, 0.05) is 49.4 Å². The van der Waals surface area contributed by atoms with Crippen molar-refractivity contribution in [1.82, 2.24) is 14.6 Å². The molecule has 40 heavy (non-hydrogen) atoms. The van der Waals surface area contributed by atoms with Gasteiger partial charge in [-0.2, -0.15) is 13.2 Å². The largest absolute Gasteiger partial charge is 0.471 e. The summed E-state index contributed by atoms with van der Waals surface area (Å²) in [4.78, 5) is 42.9. The maximum Gasteiger partial charge on any atom is 0.471 e. The summed E-state index contributed by atoms with van der Waals surface area (Å²) in [7, 11) is 1.82. The van der Waals surface area contributed by atoms with Gasteiger partial charge in [0.15, 0.2) is 0 Å². The van der Waals surface area contributed by atoms with Crippen molar-refractivity contribution >= 4 is 46.7 Å². The maximum absolute atomic E-state index is 12.7. The Balaban J connectivity index is 2.00. The van der Waals surface area contributed by atoms with Gasteiger partial charge in [-0.15, -0.1) is 11.3 Å². The Morgan fingerprint density at radius 2 is 1.93 bits per heavy atom. The van der Waals surface area contributed by atoms with Crippen molar-refractivity contribution in [2.45, 2.75) is 77.5 Å². The number of carbonyl (C=O) groups is 3. The molecule has 0 bridgehead atoms. The summed E-state index contributed by atoms with van der Waals surface area (Å²) in [6.45, 7) is 8.51. The van der Waals surface area contributed by atoms with Crippen molar-refractivity contribution in [2.24, 2.45) is 5.92 Å². The fraction of sp³-hybridized carbons (Fsp3) is 0.556. The third kappa shape index (κ3) is 10.4. The van der Waals surface area contributed by atoms with Crippen LogP contribution in [0.3, 0.4) is 0 Å². The van der Waals surface area contributed by atoms with E-state index in [1.165, 1.54) is 29.5 Å². The van der Waals surface area contributed by atoms with Gasteiger partial charge in [-0.25, -0.2) is 4.98 Å². The first-order valence-corrected chi connectivity index (χ1v) is 15.0. The number of hydrogen-bond donors (Lipinski definition) is 2. The van der Waals surface area contributed by atoms with Crippen LogP contribution in [0.1, 0.15) is 80.5 Å². The van der Waals surface area contributed by atoms with Gasteiger partial charge in [0.25, 0.3) is 5.91 Å². The molecule has 0 saturated carbocycles. The number of anilines is 1. The van der Waals surface area contributed by atoms with Gasteiger partial charge < -0.3 is 15.0 Å². The standard InChI is InChI=1S/C27H37F3N4O4S2/c1-6-8-12-23(35)34(5)21(17(3)4)14-22(38-7-2)25-32-20(16-39-25)24(36)33-40-15-18-10-9-11-19(13-18)31-26(37)27(28,29)30/h9-11,13,16-17,21-22H,6-8,12,14-15H2,1-5H3,(H,31,37)(H,33,36). The molecule has 0 saturated heterocycles. The summed E-state index contributed by atoms with van der Waals surface area (Å²) in [5.74, 6) is -1.92. The van der Waals surface area contributed by atoms with Crippen molar-refractivity contribution in [2.75, 3.05) is 19.0 Å². The molecule has 13 heteroatoms. The molecule has 222 valence electrons. The van der Waals surface area contributed by atoms with Crippen molar-refractivity contribution in [1.29, 1.82) is 0 Å². The Hall–Kier alpha value is -2.64. The molecule has 1 heterocycles. The Bertz CT molecular complexity index is 1130. The lowest BCUT2D eigenvalue weighted by Gasteiger charge is -2.33. The predicted octanol–water partition coefficient (Wildman–Crippen LogP) is 6.36. The number of alkyl halides is 3. The second-order valence-corrected chi connectivity index (χ2v) is 11.2. The second kappa shape index (κ2) is 16.0. The molecule has 1 aromatic carbocycles. The van der Waals surface area contributed by atoms with Crippen LogP contribution in [0.5, 0.6) is 0 Å². The van der Waals surface area contributed by atoms with E-state index in [9.17, 15) is 27.6 Å². The minimum atomic E-state index is -4.98. The third-order valence-electron chi connectivity index (χ3n) is 6.10. The highest BCUT2D eigenvalue weighted by Gasteiger charge is 2.38. The molecule has 1 aromatic heterocycles. The second-order valence-electron chi connectivity index (χ2n) is 9.54. The third-order valence-corrected chi connectivity index (χ3v) is 7.85. The molecule has 0 spiro atoms. The van der Waals surface area contributed by atoms with E-state index in [1.54, 1.807) is 16.3 Å². The van der Waals surface area contributed by atoms with Crippen LogP contribution in [0.25, 0.3) is 0 Å². The number of halogens is 3. The number of thiazole rings is 1. The average molecular weight is 603 g/mol. The number of aromatic nitrogens is 1. The Morgan fingerprint density at radius 1 is 1.20 bits per heavy atom. The normalized spacial score (nSPS) is 13.1. The zero-order chi connectivity index (χ0) is 29.9. The maximum atomic E-state index is 12.7. The molecular weight excluding hydrogens is 565 g/mol. The van der Waals surface area contributed by atoms with Crippen LogP contribution in [-0.4, -0.2) is 53.5 Å². The minimum absolute atomic E-state index is 0.00951. The van der Waals surface area contributed by atoms with E-state index in [0.29, 0.717) is 30.0 Å². The molecular formula is C27H37F3N4O4S2. The van der Waals surface area contributed by atoms with E-state index in [4.69, 9.17) is 4.74 Å². The average Bonchev–Trinajstić information content (AvgIpc) is 3.39. The monoisotopic (exact) mass is 602 g/mol. The fourth-order valence-electron chi connectivity index (χ4n) is 3.95. The fourth-order valence-corrected chi connectivity index (χ4v) is 5.46. The molecule has 2 N–H and O–H groups in total. The zero-order valence-electron chi connectivity index (χ0n) is 23.3. The van der Waals surface area contributed by atoms with Gasteiger partial charge in [-0.05, 0) is 48.9 Å². The van der Waals surface area contributed by atoms with E-state index in [-0.39, 0.29) is 41.1 Å². The zero-order valence-corrected chi connectivity index (χ0v) is 25.0. The van der Waals surface area contributed by atoms with Crippen LogP contribution >= 0.6 is 23.3 Å². The van der Waals surface area contributed by atoms with E-state index >= 15 is 0 Å². The van der Waals surface area contributed by atoms with E-state index < -0.39 is 18.0 Å². The number of rotatable bonds is 15. The molecule has 2 unspecified atom stereocenters. The molecule has 0 radical (unpaired) electrons. The lowest BCUT2D eigenvalue weighted by Crippen LogP contribution is -2.41. The first-order valence-electron chi connectivity index (χ1n) is 13.1. The van der Waals surface area contributed by atoms with Gasteiger partial charge in [-0.1, -0.05) is 39.3 Å². The highest BCUT2D eigenvalue weighted by molar-refractivity contribution is 7.97. The van der Waals surface area contributed by atoms with Crippen molar-refractivity contribution in [3.05, 3.63) is 45.9 Å². The van der Waals surface area contributed by atoms with Gasteiger partial charge in [-0.3, -0.25) is 19.1 Å². The SMILES string of the molecule is CCCCC(=O)N(C)C(CC(OCC)c1nc(C(=O)NSCc2cccc(NC(=O)C(F)(F)F)c2)cs1)C(C)C. The van der Waals surface area contributed by atoms with Crippen LogP contribution in [-0.2, 0) is 20.1 Å². The highest BCUT2D eigenvalue weighted by atomic mass is 32.2. The molecule has 8 nitrogen and oxygen atoms in total. The summed E-state index contributed by atoms with van der Waals surface area (Å²) in [6.07, 6.45) is -2.53. The molecule has 2 aromatic rings. The van der Waals surface area contributed by atoms with Crippen molar-refractivity contribution < 1.29 is 32.3 Å². The topological polar surface area (TPSA) is 101 Å². The molecule has 0 fully saturated rings. The summed E-state index contributed by atoms with van der Waals surface area (Å²) in [6, 6.07) is 5.89. The Morgan fingerprint density at radius 3 is 2.55 bits per heavy atom. The van der Waals surface area contributed by atoms with Crippen molar-refractivity contribution in [3.8, 4) is 0 Å². The van der Waals surface area contributed by atoms with E-state index in [2.05, 4.69) is 23.6 Å². The first kappa shape index (κ1) is 33.6. The number of amides is 3. The van der Waals surface area contributed by atoms with Crippen LogP contribution < -0.4 is 10.0 Å². The lowest BCUT2D eigenvalue weighted by molar-refractivity contribution is -0.167. The summed E-state index contributed by atoms with van der Waals surface area (Å²) in [5, 5.41) is 4.10. The van der Waals surface area contributed by atoms with Crippen LogP contribution in [0, 0.1) is 5.92 Å². The molecule has 0 aliphatic heterocycles. The Kier molecular flexibility index (Phi) is 13.4. The Labute approximate surface area is 241 Å². The number of hydrogen-bond acceptors (Lipinski definition) is 7. The number of benzene rings is 1. The lowest BCUT2D eigenvalue weighted by atomic mass is 9.96. The van der Waals surface area contributed by atoms with Crippen LogP contribution in [0.15, 0.2) is 29.6 Å².